The summed E-state index contributed by atoms with van der Waals surface area (Å²) in [5.74, 6) is 0.137. The lowest BCUT2D eigenvalue weighted by molar-refractivity contribution is 0.0857. The first kappa shape index (κ1) is 11.3. The SMILES string of the molecule is Cc1c(Cl)cccc1C(=O)C(C)(C)C. The molecule has 0 aromatic heterocycles. The lowest BCUT2D eigenvalue weighted by Crippen LogP contribution is -2.21. The van der Waals surface area contributed by atoms with Gasteiger partial charge in [-0.25, -0.2) is 0 Å². The van der Waals surface area contributed by atoms with E-state index in [1.165, 1.54) is 0 Å². The van der Waals surface area contributed by atoms with E-state index in [1.54, 1.807) is 6.07 Å². The average Bonchev–Trinajstić information content (AvgIpc) is 2.07. The molecule has 0 aliphatic rings. The first-order valence-electron chi connectivity index (χ1n) is 4.64. The zero-order chi connectivity index (χ0) is 10.9. The molecule has 1 rings (SSSR count). The minimum atomic E-state index is -0.352. The van der Waals surface area contributed by atoms with E-state index in [-0.39, 0.29) is 11.2 Å². The predicted molar refractivity (Wildman–Crippen MR) is 60.0 cm³/mol. The average molecular weight is 211 g/mol. The molecule has 0 heterocycles. The van der Waals surface area contributed by atoms with Gasteiger partial charge in [0.15, 0.2) is 5.78 Å². The molecule has 0 atom stereocenters. The molecule has 0 fully saturated rings. The molecule has 2 heteroatoms. The van der Waals surface area contributed by atoms with Crippen LogP contribution in [0.15, 0.2) is 18.2 Å². The fraction of sp³-hybridized carbons (Fsp3) is 0.417. The zero-order valence-electron chi connectivity index (χ0n) is 9.02. The Balaban J connectivity index is 3.21. The molecule has 0 saturated heterocycles. The van der Waals surface area contributed by atoms with Gasteiger partial charge in [0.25, 0.3) is 0 Å². The Morgan fingerprint density at radius 2 is 1.86 bits per heavy atom. The Labute approximate surface area is 90.1 Å². The number of carbonyl (C=O) groups is 1. The van der Waals surface area contributed by atoms with E-state index < -0.39 is 0 Å². The Morgan fingerprint density at radius 3 is 2.36 bits per heavy atom. The highest BCUT2D eigenvalue weighted by Crippen LogP contribution is 2.26. The van der Waals surface area contributed by atoms with Crippen molar-refractivity contribution < 1.29 is 4.79 Å². The zero-order valence-corrected chi connectivity index (χ0v) is 9.77. The molecule has 0 radical (unpaired) electrons. The third-order valence-electron chi connectivity index (χ3n) is 2.19. The van der Waals surface area contributed by atoms with Gasteiger partial charge in [-0.1, -0.05) is 44.5 Å². The van der Waals surface area contributed by atoms with E-state index in [9.17, 15) is 4.79 Å². The molecule has 0 aliphatic carbocycles. The molecule has 0 N–H and O–H groups in total. The summed E-state index contributed by atoms with van der Waals surface area (Å²) in [5, 5.41) is 0.653. The third kappa shape index (κ3) is 2.16. The normalized spacial score (nSPS) is 11.5. The van der Waals surface area contributed by atoms with Crippen molar-refractivity contribution in [1.82, 2.24) is 0 Å². The number of hydrogen-bond donors (Lipinski definition) is 0. The molecular weight excluding hydrogens is 196 g/mol. The number of Topliss-reactive ketones (excluding diaryl/α,β-unsaturated/α-hetero) is 1. The minimum Gasteiger partial charge on any atom is -0.294 e. The van der Waals surface area contributed by atoms with E-state index in [0.29, 0.717) is 5.02 Å². The van der Waals surface area contributed by atoms with Crippen LogP contribution in [0, 0.1) is 12.3 Å². The van der Waals surface area contributed by atoms with Crippen LogP contribution >= 0.6 is 11.6 Å². The van der Waals surface area contributed by atoms with Gasteiger partial charge < -0.3 is 0 Å². The molecule has 0 aliphatic heterocycles. The monoisotopic (exact) mass is 210 g/mol. The van der Waals surface area contributed by atoms with Gasteiger partial charge in [0.1, 0.15) is 0 Å². The van der Waals surface area contributed by atoms with Crippen molar-refractivity contribution in [1.29, 1.82) is 0 Å². The van der Waals surface area contributed by atoms with Crippen molar-refractivity contribution in [2.75, 3.05) is 0 Å². The van der Waals surface area contributed by atoms with Crippen molar-refractivity contribution >= 4 is 17.4 Å². The molecule has 1 aromatic carbocycles. The van der Waals surface area contributed by atoms with Crippen LogP contribution in [-0.4, -0.2) is 5.78 Å². The Bertz CT molecular complexity index is 361. The topological polar surface area (TPSA) is 17.1 Å². The van der Waals surface area contributed by atoms with Crippen LogP contribution in [0.1, 0.15) is 36.7 Å². The first-order valence-corrected chi connectivity index (χ1v) is 5.02. The minimum absolute atomic E-state index is 0.137. The van der Waals surface area contributed by atoms with Gasteiger partial charge in [-0.3, -0.25) is 4.79 Å². The number of benzene rings is 1. The quantitative estimate of drug-likeness (QED) is 0.643. The molecule has 1 aromatic rings. The summed E-state index contributed by atoms with van der Waals surface area (Å²) >= 11 is 5.96. The van der Waals surface area contributed by atoms with Crippen LogP contribution in [0.2, 0.25) is 5.02 Å². The molecule has 76 valence electrons. The summed E-state index contributed by atoms with van der Waals surface area (Å²) in [4.78, 5) is 12.0. The van der Waals surface area contributed by atoms with Crippen LogP contribution in [-0.2, 0) is 0 Å². The van der Waals surface area contributed by atoms with Crippen LogP contribution in [0.4, 0.5) is 0 Å². The maximum absolute atomic E-state index is 12.0. The van der Waals surface area contributed by atoms with Gasteiger partial charge in [-0.15, -0.1) is 0 Å². The number of halogens is 1. The van der Waals surface area contributed by atoms with Crippen molar-refractivity contribution in [3.63, 3.8) is 0 Å². The first-order chi connectivity index (χ1) is 6.34. The third-order valence-corrected chi connectivity index (χ3v) is 2.60. The van der Waals surface area contributed by atoms with E-state index >= 15 is 0 Å². The van der Waals surface area contributed by atoms with Gasteiger partial charge in [-0.05, 0) is 18.6 Å². The molecule has 1 nitrogen and oxygen atoms in total. The number of carbonyl (C=O) groups excluding carboxylic acids is 1. The Kier molecular flexibility index (Phi) is 3.01. The van der Waals surface area contributed by atoms with Crippen molar-refractivity contribution in [2.45, 2.75) is 27.7 Å². The highest BCUT2D eigenvalue weighted by atomic mass is 35.5. The number of ketones is 1. The summed E-state index contributed by atoms with van der Waals surface area (Å²) in [6.07, 6.45) is 0. The van der Waals surface area contributed by atoms with Crippen LogP contribution in [0.25, 0.3) is 0 Å². The predicted octanol–water partition coefficient (Wildman–Crippen LogP) is 3.88. The molecule has 0 saturated carbocycles. The maximum atomic E-state index is 12.0. The Morgan fingerprint density at radius 1 is 1.29 bits per heavy atom. The second-order valence-electron chi connectivity index (χ2n) is 4.49. The van der Waals surface area contributed by atoms with Gasteiger partial charge >= 0.3 is 0 Å². The number of hydrogen-bond acceptors (Lipinski definition) is 1. The lowest BCUT2D eigenvalue weighted by atomic mass is 9.85. The van der Waals surface area contributed by atoms with E-state index in [2.05, 4.69) is 0 Å². The second kappa shape index (κ2) is 3.74. The number of rotatable bonds is 1. The molecule has 0 spiro atoms. The summed E-state index contributed by atoms with van der Waals surface area (Å²) in [6, 6.07) is 5.44. The van der Waals surface area contributed by atoms with E-state index in [0.717, 1.165) is 11.1 Å². The smallest absolute Gasteiger partial charge is 0.168 e. The van der Waals surface area contributed by atoms with Gasteiger partial charge in [0.2, 0.25) is 0 Å². The molecule has 14 heavy (non-hydrogen) atoms. The highest BCUT2D eigenvalue weighted by molar-refractivity contribution is 6.31. The fourth-order valence-electron chi connectivity index (χ4n) is 1.26. The summed E-state index contributed by atoms with van der Waals surface area (Å²) in [7, 11) is 0. The summed E-state index contributed by atoms with van der Waals surface area (Å²) in [6.45, 7) is 7.61. The summed E-state index contributed by atoms with van der Waals surface area (Å²) < 4.78 is 0. The largest absolute Gasteiger partial charge is 0.294 e. The highest BCUT2D eigenvalue weighted by Gasteiger charge is 2.24. The molecule has 0 amide bonds. The summed E-state index contributed by atoms with van der Waals surface area (Å²) in [5.41, 5.74) is 1.24. The maximum Gasteiger partial charge on any atom is 0.168 e. The van der Waals surface area contributed by atoms with Crippen LogP contribution in [0.3, 0.4) is 0 Å². The van der Waals surface area contributed by atoms with Crippen LogP contribution in [0.5, 0.6) is 0 Å². The lowest BCUT2D eigenvalue weighted by Gasteiger charge is -2.18. The van der Waals surface area contributed by atoms with Gasteiger partial charge in [0, 0.05) is 16.0 Å². The molecule has 0 bridgehead atoms. The van der Waals surface area contributed by atoms with Crippen LogP contribution < -0.4 is 0 Å². The molecular formula is C12H15ClO. The fourth-order valence-corrected chi connectivity index (χ4v) is 1.43. The molecule has 0 unspecified atom stereocenters. The Hall–Kier alpha value is -0.820. The van der Waals surface area contributed by atoms with Crippen molar-refractivity contribution in [3.05, 3.63) is 34.3 Å². The van der Waals surface area contributed by atoms with E-state index in [4.69, 9.17) is 11.6 Å². The van der Waals surface area contributed by atoms with Gasteiger partial charge in [-0.2, -0.15) is 0 Å². The van der Waals surface area contributed by atoms with Crippen molar-refractivity contribution in [3.8, 4) is 0 Å². The standard InChI is InChI=1S/C12H15ClO/c1-8-9(6-5-7-10(8)13)11(14)12(2,3)4/h5-7H,1-4H3. The van der Waals surface area contributed by atoms with Crippen molar-refractivity contribution in [2.24, 2.45) is 5.41 Å². The second-order valence-corrected chi connectivity index (χ2v) is 4.90. The van der Waals surface area contributed by atoms with E-state index in [1.807, 2.05) is 39.8 Å². The van der Waals surface area contributed by atoms with Gasteiger partial charge in [0.05, 0.1) is 0 Å².